The maximum absolute atomic E-state index is 13.3. The van der Waals surface area contributed by atoms with Crippen molar-refractivity contribution in [2.75, 3.05) is 4.90 Å². The summed E-state index contributed by atoms with van der Waals surface area (Å²) in [6, 6.07) is 21.7. The summed E-state index contributed by atoms with van der Waals surface area (Å²) in [6.45, 7) is 5.91. The Hall–Kier alpha value is -4.19. The zero-order valence-corrected chi connectivity index (χ0v) is 19.1. The van der Waals surface area contributed by atoms with Crippen molar-refractivity contribution in [3.05, 3.63) is 101 Å². The monoisotopic (exact) mass is 452 g/mol. The Morgan fingerprint density at radius 3 is 2.32 bits per heavy atom. The van der Waals surface area contributed by atoms with E-state index in [1.807, 2.05) is 60.7 Å². The number of Topliss-reactive ketones (excluding diaryl/α,β-unsaturated/α-hetero) is 1. The quantitative estimate of drug-likeness (QED) is 0.237. The first-order valence-corrected chi connectivity index (χ1v) is 11.2. The second kappa shape index (κ2) is 8.30. The van der Waals surface area contributed by atoms with Crippen LogP contribution < -0.4 is 4.90 Å². The van der Waals surface area contributed by atoms with E-state index in [-0.39, 0.29) is 17.2 Å². The van der Waals surface area contributed by atoms with Gasteiger partial charge in [-0.25, -0.2) is 0 Å². The number of aliphatic hydroxyl groups is 1. The molecular formula is C28H24N2O4. The Labute approximate surface area is 197 Å². The first kappa shape index (κ1) is 21.6. The lowest BCUT2D eigenvalue weighted by Crippen LogP contribution is -2.29. The standard InChI is InChI=1S/C28H24N2O4/c1-16(2)18-8-11-20(12-9-18)25-24(27(32)28(33)30(25)23-14-17(3)34-29-23)26(31)22-13-10-19-6-4-5-7-21(19)15-22/h4-16,25,31H,1-3H3/b26-24+. The van der Waals surface area contributed by atoms with Crippen LogP contribution in [-0.4, -0.2) is 22.0 Å². The molecule has 0 spiro atoms. The highest BCUT2D eigenvalue weighted by molar-refractivity contribution is 6.51. The lowest BCUT2D eigenvalue weighted by atomic mass is 9.93. The van der Waals surface area contributed by atoms with Gasteiger partial charge in [0.2, 0.25) is 0 Å². The highest BCUT2D eigenvalue weighted by atomic mass is 16.5. The third kappa shape index (κ3) is 3.57. The number of aliphatic hydroxyl groups excluding tert-OH is 1. The third-order valence-corrected chi connectivity index (χ3v) is 6.25. The molecular weight excluding hydrogens is 428 g/mol. The van der Waals surface area contributed by atoms with Crippen LogP contribution >= 0.6 is 0 Å². The Morgan fingerprint density at radius 1 is 0.971 bits per heavy atom. The number of hydrogen-bond acceptors (Lipinski definition) is 5. The van der Waals surface area contributed by atoms with E-state index in [2.05, 4.69) is 19.0 Å². The van der Waals surface area contributed by atoms with Crippen LogP contribution in [0.4, 0.5) is 5.82 Å². The zero-order chi connectivity index (χ0) is 24.0. The van der Waals surface area contributed by atoms with Crippen LogP contribution in [0.2, 0.25) is 0 Å². The number of benzene rings is 3. The topological polar surface area (TPSA) is 83.6 Å². The number of anilines is 1. The fourth-order valence-electron chi connectivity index (χ4n) is 4.41. The van der Waals surface area contributed by atoms with E-state index >= 15 is 0 Å². The number of ketones is 1. The Kier molecular flexibility index (Phi) is 5.28. The lowest BCUT2D eigenvalue weighted by Gasteiger charge is -2.23. The largest absolute Gasteiger partial charge is 0.507 e. The van der Waals surface area contributed by atoms with E-state index in [4.69, 9.17) is 4.52 Å². The fraction of sp³-hybridized carbons (Fsp3) is 0.179. The molecule has 6 nitrogen and oxygen atoms in total. The average molecular weight is 453 g/mol. The second-order valence-corrected chi connectivity index (χ2v) is 8.85. The third-order valence-electron chi connectivity index (χ3n) is 6.25. The van der Waals surface area contributed by atoms with Gasteiger partial charge >= 0.3 is 5.91 Å². The first-order chi connectivity index (χ1) is 16.3. The molecule has 6 heteroatoms. The molecule has 1 aromatic heterocycles. The molecule has 2 heterocycles. The van der Waals surface area contributed by atoms with Crippen molar-refractivity contribution in [2.45, 2.75) is 32.7 Å². The maximum Gasteiger partial charge on any atom is 0.301 e. The van der Waals surface area contributed by atoms with Crippen LogP contribution in [-0.2, 0) is 9.59 Å². The minimum absolute atomic E-state index is 0.0261. The summed E-state index contributed by atoms with van der Waals surface area (Å²) in [6.07, 6.45) is 0. The summed E-state index contributed by atoms with van der Waals surface area (Å²) in [5.74, 6) is -0.658. The van der Waals surface area contributed by atoms with Crippen LogP contribution in [0.1, 0.15) is 48.3 Å². The van der Waals surface area contributed by atoms with Crippen molar-refractivity contribution in [1.82, 2.24) is 5.16 Å². The summed E-state index contributed by atoms with van der Waals surface area (Å²) < 4.78 is 5.19. The number of aromatic nitrogens is 1. The van der Waals surface area contributed by atoms with Crippen molar-refractivity contribution in [1.29, 1.82) is 0 Å². The van der Waals surface area contributed by atoms with Gasteiger partial charge in [0, 0.05) is 11.6 Å². The molecule has 0 bridgehead atoms. The van der Waals surface area contributed by atoms with Gasteiger partial charge in [0.25, 0.3) is 5.78 Å². The summed E-state index contributed by atoms with van der Waals surface area (Å²) in [5, 5.41) is 17.3. The molecule has 1 aliphatic rings. The highest BCUT2D eigenvalue weighted by Crippen LogP contribution is 2.42. The number of carbonyl (C=O) groups excluding carboxylic acids is 2. The molecule has 1 N–H and O–H groups in total. The molecule has 170 valence electrons. The minimum atomic E-state index is -0.836. The van der Waals surface area contributed by atoms with Gasteiger partial charge in [0.15, 0.2) is 5.82 Å². The minimum Gasteiger partial charge on any atom is -0.507 e. The van der Waals surface area contributed by atoms with Gasteiger partial charge in [-0.3, -0.25) is 14.5 Å². The number of fused-ring (bicyclic) bond motifs is 1. The molecule has 1 fully saturated rings. The van der Waals surface area contributed by atoms with Crippen molar-refractivity contribution in [3.8, 4) is 0 Å². The fourth-order valence-corrected chi connectivity index (χ4v) is 4.41. The van der Waals surface area contributed by atoms with E-state index in [0.717, 1.165) is 16.3 Å². The van der Waals surface area contributed by atoms with Crippen LogP contribution in [0, 0.1) is 6.92 Å². The van der Waals surface area contributed by atoms with Crippen LogP contribution in [0.5, 0.6) is 0 Å². The van der Waals surface area contributed by atoms with Gasteiger partial charge in [0.05, 0.1) is 11.6 Å². The maximum atomic E-state index is 13.3. The Balaban J connectivity index is 1.70. The summed E-state index contributed by atoms with van der Waals surface area (Å²) in [7, 11) is 0. The van der Waals surface area contributed by atoms with Crippen molar-refractivity contribution >= 4 is 34.0 Å². The van der Waals surface area contributed by atoms with Gasteiger partial charge in [-0.15, -0.1) is 0 Å². The molecule has 1 aliphatic heterocycles. The molecule has 0 aliphatic carbocycles. The Bertz CT molecular complexity index is 1450. The Morgan fingerprint density at radius 2 is 1.68 bits per heavy atom. The number of hydrogen-bond donors (Lipinski definition) is 1. The number of aryl methyl sites for hydroxylation is 1. The van der Waals surface area contributed by atoms with Crippen molar-refractivity contribution in [3.63, 3.8) is 0 Å². The van der Waals surface area contributed by atoms with Gasteiger partial charge in [0.1, 0.15) is 11.5 Å². The van der Waals surface area contributed by atoms with E-state index in [1.165, 1.54) is 4.90 Å². The highest BCUT2D eigenvalue weighted by Gasteiger charge is 2.48. The molecule has 1 unspecified atom stereocenters. The summed E-state index contributed by atoms with van der Waals surface area (Å²) in [5.41, 5.74) is 2.33. The van der Waals surface area contributed by atoms with Crippen LogP contribution in [0.15, 0.2) is 82.9 Å². The van der Waals surface area contributed by atoms with E-state index < -0.39 is 17.7 Å². The van der Waals surface area contributed by atoms with E-state index in [9.17, 15) is 14.7 Å². The predicted molar refractivity (Wildman–Crippen MR) is 131 cm³/mol. The first-order valence-electron chi connectivity index (χ1n) is 11.2. The number of nitrogens with zero attached hydrogens (tertiary/aromatic N) is 2. The molecule has 5 rings (SSSR count). The number of carbonyl (C=O) groups is 2. The van der Waals surface area contributed by atoms with E-state index in [1.54, 1.807) is 19.1 Å². The molecule has 1 saturated heterocycles. The van der Waals surface area contributed by atoms with Gasteiger partial charge < -0.3 is 9.63 Å². The molecule has 4 aromatic rings. The van der Waals surface area contributed by atoms with Gasteiger partial charge in [-0.05, 0) is 40.8 Å². The van der Waals surface area contributed by atoms with Crippen molar-refractivity contribution < 1.29 is 19.2 Å². The molecule has 3 aromatic carbocycles. The molecule has 0 saturated carbocycles. The van der Waals surface area contributed by atoms with Gasteiger partial charge in [-0.1, -0.05) is 79.7 Å². The van der Waals surface area contributed by atoms with E-state index in [0.29, 0.717) is 22.8 Å². The van der Waals surface area contributed by atoms with Gasteiger partial charge in [-0.2, -0.15) is 0 Å². The molecule has 34 heavy (non-hydrogen) atoms. The molecule has 1 atom stereocenters. The predicted octanol–water partition coefficient (Wildman–Crippen LogP) is 5.89. The SMILES string of the molecule is Cc1cc(N2C(=O)C(=O)/C(=C(/O)c3ccc4ccccc4c3)C2c2ccc(C(C)C)cc2)no1. The summed E-state index contributed by atoms with van der Waals surface area (Å²) >= 11 is 0. The smallest absolute Gasteiger partial charge is 0.301 e. The molecule has 0 radical (unpaired) electrons. The normalized spacial score (nSPS) is 17.8. The molecule has 1 amide bonds. The zero-order valence-electron chi connectivity index (χ0n) is 19.1. The number of amides is 1. The van der Waals surface area contributed by atoms with Crippen molar-refractivity contribution in [2.24, 2.45) is 0 Å². The number of rotatable bonds is 4. The average Bonchev–Trinajstić information content (AvgIpc) is 3.38. The van der Waals surface area contributed by atoms with Crippen LogP contribution in [0.25, 0.3) is 16.5 Å². The lowest BCUT2D eigenvalue weighted by molar-refractivity contribution is -0.132. The summed E-state index contributed by atoms with van der Waals surface area (Å²) in [4.78, 5) is 27.7. The van der Waals surface area contributed by atoms with Crippen LogP contribution in [0.3, 0.4) is 0 Å². The second-order valence-electron chi connectivity index (χ2n) is 8.85.